The normalized spacial score (nSPS) is 15.0. The number of hydrogen-bond donors (Lipinski definition) is 1. The van der Waals surface area contributed by atoms with Crippen LogP contribution in [0, 0.1) is 5.82 Å². The first-order chi connectivity index (χ1) is 18.2. The van der Waals surface area contributed by atoms with Crippen LogP contribution >= 0.6 is 0 Å². The van der Waals surface area contributed by atoms with E-state index in [0.29, 0.717) is 19.4 Å². The number of carbonyl (C=O) groups is 2. The lowest BCUT2D eigenvalue weighted by molar-refractivity contribution is -0.141. The number of anilines is 1. The fourth-order valence-electron chi connectivity index (χ4n) is 5.08. The molecule has 2 aromatic carbocycles. The maximum Gasteiger partial charge on any atom is 0.243 e. The van der Waals surface area contributed by atoms with Gasteiger partial charge in [0.25, 0.3) is 0 Å². The molecule has 1 aliphatic rings. The molecule has 0 aromatic heterocycles. The number of carbonyl (C=O) groups excluding carboxylic acids is 2. The number of sulfonamides is 1. The molecule has 0 spiro atoms. The highest BCUT2D eigenvalue weighted by Crippen LogP contribution is 2.23. The molecule has 0 heterocycles. The van der Waals surface area contributed by atoms with E-state index >= 15 is 0 Å². The van der Waals surface area contributed by atoms with E-state index in [1.54, 1.807) is 11.0 Å². The average molecular weight is 546 g/mol. The van der Waals surface area contributed by atoms with Crippen molar-refractivity contribution in [2.75, 3.05) is 23.7 Å². The second-order valence-electron chi connectivity index (χ2n) is 9.98. The summed E-state index contributed by atoms with van der Waals surface area (Å²) in [6.45, 7) is 2.24. The van der Waals surface area contributed by atoms with Crippen molar-refractivity contribution < 1.29 is 22.4 Å². The fourth-order valence-corrected chi connectivity index (χ4v) is 6.04. The largest absolute Gasteiger partial charge is 0.352 e. The highest BCUT2D eigenvalue weighted by Gasteiger charge is 2.30. The zero-order valence-corrected chi connectivity index (χ0v) is 23.3. The molecule has 0 saturated heterocycles. The van der Waals surface area contributed by atoms with Crippen LogP contribution in [0.15, 0.2) is 54.6 Å². The topological polar surface area (TPSA) is 86.8 Å². The Hall–Kier alpha value is -2.94. The van der Waals surface area contributed by atoms with Gasteiger partial charge in [0.1, 0.15) is 11.9 Å². The molecule has 1 N–H and O–H groups in total. The molecule has 0 aliphatic heterocycles. The van der Waals surface area contributed by atoms with Crippen molar-refractivity contribution in [2.45, 2.75) is 76.8 Å². The van der Waals surface area contributed by atoms with Crippen LogP contribution in [0.5, 0.6) is 0 Å². The van der Waals surface area contributed by atoms with Crippen molar-refractivity contribution in [3.8, 4) is 0 Å². The van der Waals surface area contributed by atoms with Gasteiger partial charge in [0.05, 0.1) is 11.9 Å². The number of nitrogens with zero attached hydrogens (tertiary/aromatic N) is 2. The van der Waals surface area contributed by atoms with Crippen molar-refractivity contribution in [3.05, 3.63) is 66.0 Å². The highest BCUT2D eigenvalue weighted by atomic mass is 32.2. The van der Waals surface area contributed by atoms with E-state index in [1.807, 2.05) is 37.3 Å². The van der Waals surface area contributed by atoms with E-state index in [-0.39, 0.29) is 42.9 Å². The Bertz CT molecular complexity index is 1150. The molecule has 38 heavy (non-hydrogen) atoms. The van der Waals surface area contributed by atoms with Gasteiger partial charge in [-0.3, -0.25) is 13.9 Å². The Morgan fingerprint density at radius 2 is 1.66 bits per heavy atom. The van der Waals surface area contributed by atoms with Gasteiger partial charge in [0.15, 0.2) is 0 Å². The lowest BCUT2D eigenvalue weighted by Crippen LogP contribution is -2.52. The zero-order chi connectivity index (χ0) is 27.5. The Labute approximate surface area is 226 Å². The first-order valence-corrected chi connectivity index (χ1v) is 15.4. The summed E-state index contributed by atoms with van der Waals surface area (Å²) in [5.41, 5.74) is 1.03. The van der Waals surface area contributed by atoms with Crippen LogP contribution in [0.3, 0.4) is 0 Å². The number of hydrogen-bond acceptors (Lipinski definition) is 4. The van der Waals surface area contributed by atoms with Crippen LogP contribution in [-0.2, 0) is 26.0 Å². The number of para-hydroxylation sites is 1. The summed E-state index contributed by atoms with van der Waals surface area (Å²) >= 11 is 0. The van der Waals surface area contributed by atoms with E-state index in [9.17, 15) is 22.4 Å². The fraction of sp³-hybridized carbons (Fsp3) is 0.517. The van der Waals surface area contributed by atoms with Crippen molar-refractivity contribution in [1.82, 2.24) is 10.2 Å². The van der Waals surface area contributed by atoms with E-state index in [4.69, 9.17) is 0 Å². The number of amides is 2. The van der Waals surface area contributed by atoms with Gasteiger partial charge in [0.2, 0.25) is 21.8 Å². The third-order valence-corrected chi connectivity index (χ3v) is 8.27. The molecule has 1 fully saturated rings. The molecular weight excluding hydrogens is 505 g/mol. The molecule has 1 atom stereocenters. The number of halogens is 1. The summed E-state index contributed by atoms with van der Waals surface area (Å²) < 4.78 is 40.1. The Morgan fingerprint density at radius 1 is 1.00 bits per heavy atom. The molecule has 7 nitrogen and oxygen atoms in total. The maximum absolute atomic E-state index is 14.4. The molecule has 0 unspecified atom stereocenters. The molecule has 1 aliphatic carbocycles. The molecule has 2 amide bonds. The molecular formula is C29H40FN3O4S. The van der Waals surface area contributed by atoms with Crippen molar-refractivity contribution in [3.63, 3.8) is 0 Å². The quantitative estimate of drug-likeness (QED) is 0.396. The second-order valence-corrected chi connectivity index (χ2v) is 11.9. The van der Waals surface area contributed by atoms with E-state index in [0.717, 1.165) is 41.8 Å². The van der Waals surface area contributed by atoms with Crippen LogP contribution in [-0.4, -0.2) is 56.6 Å². The molecule has 9 heteroatoms. The van der Waals surface area contributed by atoms with Crippen LogP contribution < -0.4 is 9.62 Å². The molecule has 3 rings (SSSR count). The summed E-state index contributed by atoms with van der Waals surface area (Å²) in [7, 11) is -3.75. The van der Waals surface area contributed by atoms with Gasteiger partial charge < -0.3 is 10.2 Å². The third kappa shape index (κ3) is 8.55. The van der Waals surface area contributed by atoms with Crippen LogP contribution in [0.1, 0.15) is 63.9 Å². The van der Waals surface area contributed by atoms with Crippen LogP contribution in [0.4, 0.5) is 10.1 Å². The van der Waals surface area contributed by atoms with Crippen molar-refractivity contribution in [2.24, 2.45) is 0 Å². The monoisotopic (exact) mass is 545 g/mol. The first kappa shape index (κ1) is 29.6. The van der Waals surface area contributed by atoms with Gasteiger partial charge in [0, 0.05) is 25.6 Å². The minimum atomic E-state index is -3.75. The van der Waals surface area contributed by atoms with Crippen LogP contribution in [0.25, 0.3) is 0 Å². The summed E-state index contributed by atoms with van der Waals surface area (Å²) in [6, 6.07) is 15.0. The lowest BCUT2D eigenvalue weighted by atomic mass is 9.95. The average Bonchev–Trinajstić information content (AvgIpc) is 2.90. The molecule has 2 aromatic rings. The SMILES string of the molecule is CC[C@H](C(=O)NC1CCCCC1)N(CCc1ccccc1)C(=O)CCCN(c1ccccc1F)S(C)(=O)=O. The Kier molecular flexibility index (Phi) is 11.1. The third-order valence-electron chi connectivity index (χ3n) is 7.10. The minimum Gasteiger partial charge on any atom is -0.352 e. The molecule has 0 bridgehead atoms. The first-order valence-electron chi connectivity index (χ1n) is 13.6. The van der Waals surface area contributed by atoms with Crippen LogP contribution in [0.2, 0.25) is 0 Å². The maximum atomic E-state index is 14.4. The van der Waals surface area contributed by atoms with Crippen molar-refractivity contribution in [1.29, 1.82) is 0 Å². The van der Waals surface area contributed by atoms with Gasteiger partial charge in [-0.1, -0.05) is 68.7 Å². The van der Waals surface area contributed by atoms with Gasteiger partial charge in [-0.15, -0.1) is 0 Å². The number of nitrogens with one attached hydrogen (secondary N) is 1. The second kappa shape index (κ2) is 14.3. The standard InChI is InChI=1S/C29H40FN3O4S/c1-3-26(29(35)31-24-15-8-5-9-16-24)32(22-20-23-13-6-4-7-14-23)28(34)19-12-21-33(38(2,36)37)27-18-11-10-17-25(27)30/h4,6-7,10-11,13-14,17-18,24,26H,3,5,8-9,12,15-16,19-22H2,1-2H3,(H,31,35)/t26-/m1/s1. The van der Waals surface area contributed by atoms with Gasteiger partial charge in [-0.05, 0) is 49.8 Å². The number of rotatable bonds is 13. The molecule has 1 saturated carbocycles. The predicted molar refractivity (Wildman–Crippen MR) is 149 cm³/mol. The van der Waals surface area contributed by atoms with Gasteiger partial charge in [-0.25, -0.2) is 12.8 Å². The Morgan fingerprint density at radius 3 is 2.29 bits per heavy atom. The summed E-state index contributed by atoms with van der Waals surface area (Å²) in [5.74, 6) is -0.988. The predicted octanol–water partition coefficient (Wildman–Crippen LogP) is 4.67. The molecule has 208 valence electrons. The minimum absolute atomic E-state index is 0.0386. The van der Waals surface area contributed by atoms with Gasteiger partial charge in [-0.2, -0.15) is 0 Å². The summed E-state index contributed by atoms with van der Waals surface area (Å²) in [5, 5.41) is 3.16. The smallest absolute Gasteiger partial charge is 0.243 e. The van der Waals surface area contributed by atoms with E-state index in [1.165, 1.54) is 24.6 Å². The van der Waals surface area contributed by atoms with E-state index in [2.05, 4.69) is 5.32 Å². The zero-order valence-electron chi connectivity index (χ0n) is 22.4. The summed E-state index contributed by atoms with van der Waals surface area (Å²) in [4.78, 5) is 28.4. The molecule has 0 radical (unpaired) electrons. The lowest BCUT2D eigenvalue weighted by Gasteiger charge is -2.33. The van der Waals surface area contributed by atoms with Crippen molar-refractivity contribution >= 4 is 27.5 Å². The van der Waals surface area contributed by atoms with Gasteiger partial charge >= 0.3 is 0 Å². The summed E-state index contributed by atoms with van der Waals surface area (Å²) in [6.07, 6.45) is 7.63. The van der Waals surface area contributed by atoms with E-state index < -0.39 is 21.9 Å². The number of benzene rings is 2. The highest BCUT2D eigenvalue weighted by molar-refractivity contribution is 7.92. The Balaban J connectivity index is 1.72.